The lowest BCUT2D eigenvalue weighted by Crippen LogP contribution is -2.33. The lowest BCUT2D eigenvalue weighted by atomic mass is 9.96. The van der Waals surface area contributed by atoms with Gasteiger partial charge in [0.05, 0.1) is 5.56 Å². The molecule has 0 radical (unpaired) electrons. The number of furan rings is 1. The molecule has 2 atom stereocenters. The number of nitrogens with one attached hydrogen (secondary N) is 1. The number of nitrogens with two attached hydrogens (primary N) is 1. The number of carbonyl (C=O) groups is 1. The second kappa shape index (κ2) is 5.78. The van der Waals surface area contributed by atoms with Gasteiger partial charge in [-0.25, -0.2) is 0 Å². The predicted octanol–water partition coefficient (Wildman–Crippen LogP) is 2.31. The minimum absolute atomic E-state index is 0.0190. The molecule has 0 aliphatic heterocycles. The molecule has 1 aromatic rings. The Morgan fingerprint density at radius 1 is 1.26 bits per heavy atom. The first-order chi connectivity index (χ1) is 9.04. The molecule has 0 spiro atoms. The summed E-state index contributed by atoms with van der Waals surface area (Å²) in [6.07, 6.45) is 3.59. The van der Waals surface area contributed by atoms with E-state index in [-0.39, 0.29) is 5.91 Å². The molecule has 1 aliphatic carbocycles. The molecule has 2 unspecified atom stereocenters. The number of rotatable bonds is 4. The Kier molecular flexibility index (Phi) is 4.30. The van der Waals surface area contributed by atoms with Crippen LogP contribution in [0, 0.1) is 32.6 Å². The Morgan fingerprint density at radius 2 is 1.95 bits per heavy atom. The molecule has 0 aromatic carbocycles. The highest BCUT2D eigenvalue weighted by atomic mass is 16.3. The van der Waals surface area contributed by atoms with Crippen LogP contribution in [0.1, 0.15) is 46.7 Å². The van der Waals surface area contributed by atoms with Crippen molar-refractivity contribution in [3.8, 4) is 0 Å². The average molecular weight is 264 g/mol. The van der Waals surface area contributed by atoms with E-state index in [0.717, 1.165) is 24.4 Å². The molecule has 2 rings (SSSR count). The van der Waals surface area contributed by atoms with E-state index >= 15 is 0 Å². The molecule has 3 N–H and O–H groups in total. The third-order valence-corrected chi connectivity index (χ3v) is 4.43. The molecule has 4 heteroatoms. The highest BCUT2D eigenvalue weighted by Crippen LogP contribution is 2.30. The predicted molar refractivity (Wildman–Crippen MR) is 75.1 cm³/mol. The van der Waals surface area contributed by atoms with E-state index in [4.69, 9.17) is 10.2 Å². The molecular formula is C15H24N2O2. The summed E-state index contributed by atoms with van der Waals surface area (Å²) >= 11 is 0. The van der Waals surface area contributed by atoms with Crippen LogP contribution in [0.3, 0.4) is 0 Å². The smallest absolute Gasteiger partial charge is 0.255 e. The Hall–Kier alpha value is -1.29. The Balaban J connectivity index is 1.98. The van der Waals surface area contributed by atoms with Crippen LogP contribution < -0.4 is 11.1 Å². The summed E-state index contributed by atoms with van der Waals surface area (Å²) in [6, 6.07) is 0. The minimum atomic E-state index is -0.0190. The van der Waals surface area contributed by atoms with Gasteiger partial charge in [0.2, 0.25) is 0 Å². The molecular weight excluding hydrogens is 240 g/mol. The van der Waals surface area contributed by atoms with E-state index in [0.29, 0.717) is 23.2 Å². The molecule has 1 aliphatic rings. The van der Waals surface area contributed by atoms with Crippen molar-refractivity contribution in [3.63, 3.8) is 0 Å². The van der Waals surface area contributed by atoms with Crippen molar-refractivity contribution < 1.29 is 9.21 Å². The molecule has 19 heavy (non-hydrogen) atoms. The number of amides is 1. The van der Waals surface area contributed by atoms with Crippen LogP contribution in [0.15, 0.2) is 4.42 Å². The fraction of sp³-hybridized carbons (Fsp3) is 0.667. The van der Waals surface area contributed by atoms with E-state index < -0.39 is 0 Å². The summed E-state index contributed by atoms with van der Waals surface area (Å²) in [7, 11) is 0. The molecule has 0 saturated heterocycles. The van der Waals surface area contributed by atoms with Crippen LogP contribution in [-0.2, 0) is 0 Å². The van der Waals surface area contributed by atoms with Crippen molar-refractivity contribution in [1.29, 1.82) is 0 Å². The molecule has 1 amide bonds. The van der Waals surface area contributed by atoms with Gasteiger partial charge in [-0.3, -0.25) is 4.79 Å². The monoisotopic (exact) mass is 264 g/mol. The lowest BCUT2D eigenvalue weighted by Gasteiger charge is -2.18. The Labute approximate surface area is 114 Å². The van der Waals surface area contributed by atoms with Gasteiger partial charge in [-0.15, -0.1) is 0 Å². The van der Waals surface area contributed by atoms with Crippen LogP contribution in [-0.4, -0.2) is 19.0 Å². The number of aryl methyl sites for hydroxylation is 2. The summed E-state index contributed by atoms with van der Waals surface area (Å²) in [5.74, 6) is 2.60. The largest absolute Gasteiger partial charge is 0.466 e. The summed E-state index contributed by atoms with van der Waals surface area (Å²) < 4.78 is 5.50. The van der Waals surface area contributed by atoms with Gasteiger partial charge in [0.15, 0.2) is 0 Å². The van der Waals surface area contributed by atoms with Crippen molar-refractivity contribution in [2.24, 2.45) is 17.6 Å². The van der Waals surface area contributed by atoms with Gasteiger partial charge in [-0.2, -0.15) is 0 Å². The maximum Gasteiger partial charge on any atom is 0.255 e. The zero-order valence-corrected chi connectivity index (χ0v) is 12.1. The zero-order valence-electron chi connectivity index (χ0n) is 12.1. The molecule has 1 saturated carbocycles. The summed E-state index contributed by atoms with van der Waals surface area (Å²) in [5, 5.41) is 3.05. The topological polar surface area (TPSA) is 68.3 Å². The number of carbonyl (C=O) groups excluding carboxylic acids is 1. The van der Waals surface area contributed by atoms with E-state index in [1.807, 2.05) is 20.8 Å². The first-order valence-electron chi connectivity index (χ1n) is 7.09. The van der Waals surface area contributed by atoms with Gasteiger partial charge in [0.1, 0.15) is 11.5 Å². The van der Waals surface area contributed by atoms with Gasteiger partial charge in [-0.05, 0) is 52.0 Å². The standard InChI is InChI=1S/C15H24N2O2/c1-9-10(2)19-11(3)14(9)15(18)17-8-13-6-4-5-12(13)7-16/h12-13H,4-8,16H2,1-3H3,(H,17,18). The van der Waals surface area contributed by atoms with E-state index in [9.17, 15) is 4.79 Å². The van der Waals surface area contributed by atoms with Crippen molar-refractivity contribution >= 4 is 5.91 Å². The molecule has 106 valence electrons. The quantitative estimate of drug-likeness (QED) is 0.877. The maximum atomic E-state index is 12.2. The highest BCUT2D eigenvalue weighted by Gasteiger charge is 2.27. The zero-order chi connectivity index (χ0) is 14.0. The van der Waals surface area contributed by atoms with Crippen LogP contribution >= 0.6 is 0 Å². The van der Waals surface area contributed by atoms with Crippen LogP contribution in [0.25, 0.3) is 0 Å². The van der Waals surface area contributed by atoms with Crippen molar-refractivity contribution in [1.82, 2.24) is 5.32 Å². The van der Waals surface area contributed by atoms with Crippen molar-refractivity contribution in [2.75, 3.05) is 13.1 Å². The minimum Gasteiger partial charge on any atom is -0.466 e. The van der Waals surface area contributed by atoms with Gasteiger partial charge in [0.25, 0.3) is 5.91 Å². The third kappa shape index (κ3) is 2.84. The van der Waals surface area contributed by atoms with Crippen molar-refractivity contribution in [3.05, 3.63) is 22.6 Å². The fourth-order valence-corrected chi connectivity index (χ4v) is 3.13. The second-order valence-electron chi connectivity index (χ2n) is 5.61. The summed E-state index contributed by atoms with van der Waals surface area (Å²) in [4.78, 5) is 12.2. The normalized spacial score (nSPS) is 22.7. The van der Waals surface area contributed by atoms with Gasteiger partial charge in [-0.1, -0.05) is 6.42 Å². The molecule has 1 fully saturated rings. The fourth-order valence-electron chi connectivity index (χ4n) is 3.13. The molecule has 1 heterocycles. The highest BCUT2D eigenvalue weighted by molar-refractivity contribution is 5.96. The molecule has 1 aromatic heterocycles. The first kappa shape index (κ1) is 14.1. The Morgan fingerprint density at radius 3 is 2.53 bits per heavy atom. The summed E-state index contributed by atoms with van der Waals surface area (Å²) in [5.41, 5.74) is 7.40. The van der Waals surface area contributed by atoms with E-state index in [2.05, 4.69) is 5.32 Å². The van der Waals surface area contributed by atoms with Gasteiger partial charge < -0.3 is 15.5 Å². The lowest BCUT2D eigenvalue weighted by molar-refractivity contribution is 0.0942. The SMILES string of the molecule is Cc1oc(C)c(C(=O)NCC2CCCC2CN)c1C. The van der Waals surface area contributed by atoms with Gasteiger partial charge >= 0.3 is 0 Å². The Bertz CT molecular complexity index is 465. The van der Waals surface area contributed by atoms with Crippen LogP contribution in [0.5, 0.6) is 0 Å². The van der Waals surface area contributed by atoms with E-state index in [1.165, 1.54) is 19.3 Å². The second-order valence-corrected chi connectivity index (χ2v) is 5.61. The average Bonchev–Trinajstić information content (AvgIpc) is 2.92. The first-order valence-corrected chi connectivity index (χ1v) is 7.09. The van der Waals surface area contributed by atoms with Crippen molar-refractivity contribution in [2.45, 2.75) is 40.0 Å². The van der Waals surface area contributed by atoms with Crippen LogP contribution in [0.2, 0.25) is 0 Å². The van der Waals surface area contributed by atoms with Crippen LogP contribution in [0.4, 0.5) is 0 Å². The number of hydrogen-bond acceptors (Lipinski definition) is 3. The third-order valence-electron chi connectivity index (χ3n) is 4.43. The number of hydrogen-bond donors (Lipinski definition) is 2. The maximum absolute atomic E-state index is 12.2. The summed E-state index contributed by atoms with van der Waals surface area (Å²) in [6.45, 7) is 7.11. The molecule has 0 bridgehead atoms. The molecule has 4 nitrogen and oxygen atoms in total. The van der Waals surface area contributed by atoms with E-state index in [1.54, 1.807) is 0 Å². The van der Waals surface area contributed by atoms with Gasteiger partial charge in [0, 0.05) is 12.1 Å².